The molecule has 0 radical (unpaired) electrons. The zero-order valence-corrected chi connectivity index (χ0v) is 13.9. The van der Waals surface area contributed by atoms with Crippen LogP contribution in [0.5, 0.6) is 17.5 Å². The second-order valence-corrected chi connectivity index (χ2v) is 5.50. The Bertz CT molecular complexity index is 771. The van der Waals surface area contributed by atoms with Crippen molar-refractivity contribution in [1.29, 1.82) is 0 Å². The van der Waals surface area contributed by atoms with Gasteiger partial charge in [0, 0.05) is 30.9 Å². The summed E-state index contributed by atoms with van der Waals surface area (Å²) < 4.78 is 29.6. The molecule has 0 bridgehead atoms. The highest BCUT2D eigenvalue weighted by Crippen LogP contribution is 2.25. The monoisotopic (exact) mass is 347 g/mol. The molecule has 1 aromatic carbocycles. The summed E-state index contributed by atoms with van der Waals surface area (Å²) in [6.07, 6.45) is 3.44. The number of rotatable bonds is 5. The highest BCUT2D eigenvalue weighted by atomic mass is 19.1. The first kappa shape index (κ1) is 16.9. The van der Waals surface area contributed by atoms with Crippen LogP contribution >= 0.6 is 0 Å². The molecule has 0 N–H and O–H groups in total. The predicted molar refractivity (Wildman–Crippen MR) is 86.5 cm³/mol. The van der Waals surface area contributed by atoms with Crippen molar-refractivity contribution in [2.75, 3.05) is 27.3 Å². The molecule has 0 spiro atoms. The summed E-state index contributed by atoms with van der Waals surface area (Å²) in [6, 6.07) is 4.17. The number of carbonyl (C=O) groups is 1. The van der Waals surface area contributed by atoms with E-state index in [0.717, 1.165) is 0 Å². The molecule has 1 aliphatic rings. The average Bonchev–Trinajstić information content (AvgIpc) is 3.10. The fourth-order valence-corrected chi connectivity index (χ4v) is 2.68. The molecular weight excluding hydrogens is 329 g/mol. The van der Waals surface area contributed by atoms with E-state index in [1.807, 2.05) is 0 Å². The molecule has 132 valence electrons. The minimum absolute atomic E-state index is 0.105. The van der Waals surface area contributed by atoms with Crippen LogP contribution in [0.1, 0.15) is 16.8 Å². The third-order valence-electron chi connectivity index (χ3n) is 3.94. The minimum Gasteiger partial charge on any atom is -0.494 e. The van der Waals surface area contributed by atoms with Crippen molar-refractivity contribution >= 4 is 5.91 Å². The van der Waals surface area contributed by atoms with E-state index in [1.165, 1.54) is 38.7 Å². The third kappa shape index (κ3) is 3.62. The number of likely N-dealkylation sites (tertiary alicyclic amines) is 1. The lowest BCUT2D eigenvalue weighted by Gasteiger charge is -2.17. The fraction of sp³-hybridized carbons (Fsp3) is 0.353. The molecule has 3 rings (SSSR count). The third-order valence-corrected chi connectivity index (χ3v) is 3.94. The Morgan fingerprint density at radius 1 is 1.20 bits per heavy atom. The Balaban J connectivity index is 1.66. The molecule has 25 heavy (non-hydrogen) atoms. The minimum atomic E-state index is -0.565. The van der Waals surface area contributed by atoms with E-state index in [1.54, 1.807) is 11.0 Å². The number of carbonyl (C=O) groups excluding carboxylic acids is 1. The molecule has 8 heteroatoms. The van der Waals surface area contributed by atoms with E-state index in [9.17, 15) is 9.18 Å². The number of methoxy groups -OCH3 is 2. The largest absolute Gasteiger partial charge is 0.494 e. The molecule has 2 heterocycles. The lowest BCUT2D eigenvalue weighted by atomic mass is 10.2. The Labute approximate surface area is 144 Å². The van der Waals surface area contributed by atoms with Crippen LogP contribution in [-0.2, 0) is 0 Å². The summed E-state index contributed by atoms with van der Waals surface area (Å²) >= 11 is 0. The van der Waals surface area contributed by atoms with Gasteiger partial charge in [0.15, 0.2) is 11.6 Å². The molecule has 1 aliphatic heterocycles. The highest BCUT2D eigenvalue weighted by molar-refractivity contribution is 5.94. The maximum Gasteiger partial charge on any atom is 0.278 e. The maximum absolute atomic E-state index is 13.8. The summed E-state index contributed by atoms with van der Waals surface area (Å²) in [7, 11) is 2.86. The first-order valence-corrected chi connectivity index (χ1v) is 7.77. The molecule has 1 aromatic heterocycles. The van der Waals surface area contributed by atoms with Gasteiger partial charge >= 0.3 is 0 Å². The number of benzene rings is 1. The van der Waals surface area contributed by atoms with Crippen molar-refractivity contribution in [3.63, 3.8) is 0 Å². The van der Waals surface area contributed by atoms with Crippen molar-refractivity contribution in [2.45, 2.75) is 12.5 Å². The van der Waals surface area contributed by atoms with Crippen LogP contribution in [0.25, 0.3) is 0 Å². The van der Waals surface area contributed by atoms with Crippen molar-refractivity contribution in [2.24, 2.45) is 0 Å². The summed E-state index contributed by atoms with van der Waals surface area (Å²) in [5.74, 6) is -0.123. The molecule has 1 amide bonds. The summed E-state index contributed by atoms with van der Waals surface area (Å²) in [4.78, 5) is 22.3. The Morgan fingerprint density at radius 2 is 1.96 bits per heavy atom. The summed E-state index contributed by atoms with van der Waals surface area (Å²) in [5, 5.41) is 0. The number of amides is 1. The van der Waals surface area contributed by atoms with E-state index in [0.29, 0.717) is 31.3 Å². The van der Waals surface area contributed by atoms with Crippen LogP contribution in [-0.4, -0.2) is 54.2 Å². The number of hydrogen-bond acceptors (Lipinski definition) is 6. The molecule has 1 fully saturated rings. The van der Waals surface area contributed by atoms with Gasteiger partial charge in [0.1, 0.15) is 6.10 Å². The molecule has 1 atom stereocenters. The zero-order chi connectivity index (χ0) is 17.8. The van der Waals surface area contributed by atoms with Crippen LogP contribution in [0.2, 0.25) is 0 Å². The SMILES string of the molecule is COc1ccc(C(=O)N2CC[C@@H](Oc3nccnc3OC)C2)cc1F. The lowest BCUT2D eigenvalue weighted by Crippen LogP contribution is -2.31. The first-order chi connectivity index (χ1) is 12.1. The van der Waals surface area contributed by atoms with Crippen molar-refractivity contribution in [3.05, 3.63) is 42.0 Å². The van der Waals surface area contributed by atoms with Crippen LogP contribution in [0, 0.1) is 5.82 Å². The van der Waals surface area contributed by atoms with Crippen molar-refractivity contribution in [3.8, 4) is 17.5 Å². The lowest BCUT2D eigenvalue weighted by molar-refractivity contribution is 0.0769. The van der Waals surface area contributed by atoms with Crippen LogP contribution in [0.4, 0.5) is 4.39 Å². The molecule has 0 unspecified atom stereocenters. The molecule has 2 aromatic rings. The van der Waals surface area contributed by atoms with Gasteiger partial charge in [-0.15, -0.1) is 0 Å². The number of halogens is 1. The van der Waals surface area contributed by atoms with E-state index in [2.05, 4.69) is 9.97 Å². The van der Waals surface area contributed by atoms with Gasteiger partial charge in [-0.05, 0) is 18.2 Å². The standard InChI is InChI=1S/C17H18FN3O4/c1-23-14-4-3-11(9-13(14)18)17(22)21-8-5-12(10-21)25-16-15(24-2)19-6-7-20-16/h3-4,6-7,9,12H,5,8,10H2,1-2H3/t12-/m1/s1. The van der Waals surface area contributed by atoms with Gasteiger partial charge in [-0.25, -0.2) is 14.4 Å². The van der Waals surface area contributed by atoms with E-state index in [4.69, 9.17) is 14.2 Å². The molecular formula is C17H18FN3O4. The topological polar surface area (TPSA) is 73.8 Å². The van der Waals surface area contributed by atoms with E-state index >= 15 is 0 Å². The highest BCUT2D eigenvalue weighted by Gasteiger charge is 2.29. The Hall–Kier alpha value is -2.90. The van der Waals surface area contributed by atoms with Crippen LogP contribution in [0.15, 0.2) is 30.6 Å². The van der Waals surface area contributed by atoms with Gasteiger partial charge in [0.25, 0.3) is 17.7 Å². The van der Waals surface area contributed by atoms with Crippen LogP contribution < -0.4 is 14.2 Å². The quantitative estimate of drug-likeness (QED) is 0.823. The van der Waals surface area contributed by atoms with Gasteiger partial charge in [-0.1, -0.05) is 0 Å². The van der Waals surface area contributed by atoms with Gasteiger partial charge in [-0.3, -0.25) is 4.79 Å². The zero-order valence-electron chi connectivity index (χ0n) is 13.9. The smallest absolute Gasteiger partial charge is 0.278 e. The number of ether oxygens (including phenoxy) is 3. The molecule has 1 saturated heterocycles. The van der Waals surface area contributed by atoms with Crippen molar-refractivity contribution in [1.82, 2.24) is 14.9 Å². The van der Waals surface area contributed by atoms with Gasteiger partial charge in [0.2, 0.25) is 0 Å². The second kappa shape index (κ2) is 7.33. The van der Waals surface area contributed by atoms with Gasteiger partial charge < -0.3 is 19.1 Å². The number of nitrogens with zero attached hydrogens (tertiary/aromatic N) is 3. The Kier molecular flexibility index (Phi) is 4.97. The maximum atomic E-state index is 13.8. The van der Waals surface area contributed by atoms with Crippen molar-refractivity contribution < 1.29 is 23.4 Å². The molecule has 0 saturated carbocycles. The Morgan fingerprint density at radius 3 is 2.64 bits per heavy atom. The van der Waals surface area contributed by atoms with E-state index < -0.39 is 5.82 Å². The first-order valence-electron chi connectivity index (χ1n) is 7.77. The number of hydrogen-bond donors (Lipinski definition) is 0. The average molecular weight is 347 g/mol. The normalized spacial score (nSPS) is 16.6. The molecule has 7 nitrogen and oxygen atoms in total. The number of aromatic nitrogens is 2. The predicted octanol–water partition coefficient (Wildman–Crippen LogP) is 1.93. The summed E-state index contributed by atoms with van der Waals surface area (Å²) in [5.41, 5.74) is 0.274. The fourth-order valence-electron chi connectivity index (χ4n) is 2.68. The van der Waals surface area contributed by atoms with Gasteiger partial charge in [0.05, 0.1) is 20.8 Å². The second-order valence-electron chi connectivity index (χ2n) is 5.50. The van der Waals surface area contributed by atoms with Gasteiger partial charge in [-0.2, -0.15) is 0 Å². The van der Waals surface area contributed by atoms with E-state index in [-0.39, 0.29) is 23.3 Å². The summed E-state index contributed by atoms with van der Waals surface area (Å²) in [6.45, 7) is 0.895. The molecule has 0 aliphatic carbocycles. The van der Waals surface area contributed by atoms with Crippen LogP contribution in [0.3, 0.4) is 0 Å².